The van der Waals surface area contributed by atoms with Crippen molar-refractivity contribution in [1.29, 1.82) is 5.41 Å². The molecular weight excluding hydrogens is 460 g/mol. The Morgan fingerprint density at radius 2 is 2.06 bits per heavy atom. The number of hydrogen-bond donors (Lipinski definition) is 1. The van der Waals surface area contributed by atoms with Gasteiger partial charge in [0.25, 0.3) is 5.91 Å². The Kier molecular flexibility index (Phi) is 7.76. The van der Waals surface area contributed by atoms with Crippen molar-refractivity contribution in [2.45, 2.75) is 88.5 Å². The summed E-state index contributed by atoms with van der Waals surface area (Å²) < 4.78 is 18.0. The van der Waals surface area contributed by atoms with Crippen molar-refractivity contribution in [2.75, 3.05) is 19.0 Å². The van der Waals surface area contributed by atoms with Crippen LogP contribution < -0.4 is 0 Å². The summed E-state index contributed by atoms with van der Waals surface area (Å²) in [5.41, 5.74) is 0.150. The zero-order valence-corrected chi connectivity index (χ0v) is 20.9. The fourth-order valence-electron chi connectivity index (χ4n) is 5.19. The van der Waals surface area contributed by atoms with E-state index in [1.165, 1.54) is 36.0 Å². The fraction of sp³-hybridized carbons (Fsp3) is 0.826. The number of thioether (sulfide) groups is 2. The minimum absolute atomic E-state index is 0.0205. The van der Waals surface area contributed by atoms with Gasteiger partial charge in [0, 0.05) is 12.4 Å². The lowest BCUT2D eigenvalue weighted by Gasteiger charge is -2.28. The van der Waals surface area contributed by atoms with Gasteiger partial charge in [0.2, 0.25) is 0 Å². The summed E-state index contributed by atoms with van der Waals surface area (Å²) in [6, 6.07) is 0. The van der Waals surface area contributed by atoms with Crippen LogP contribution in [-0.4, -0.2) is 69.7 Å². The standard InChI is InChI=1S/C23H34N4O4S2/c1-14-5-2-3-7-18(14)30-12-19-26-27-21(24)17(22(28)25-23(27)33-19)11-15-8-9-20(31-15)32-13-16-6-4-10-29-16/h14-18,20,24H,2-13H2,1H3. The van der Waals surface area contributed by atoms with Crippen molar-refractivity contribution >= 4 is 45.5 Å². The van der Waals surface area contributed by atoms with E-state index in [9.17, 15) is 4.79 Å². The van der Waals surface area contributed by atoms with Gasteiger partial charge in [-0.2, -0.15) is 15.1 Å². The number of amidine groups is 2. The fourth-order valence-corrected chi connectivity index (χ4v) is 7.24. The van der Waals surface area contributed by atoms with Crippen molar-refractivity contribution in [3.63, 3.8) is 0 Å². The minimum Gasteiger partial charge on any atom is -0.377 e. The minimum atomic E-state index is -0.594. The molecule has 6 atom stereocenters. The van der Waals surface area contributed by atoms with Crippen LogP contribution in [0.2, 0.25) is 0 Å². The first-order valence-corrected chi connectivity index (χ1v) is 14.2. The lowest BCUT2D eigenvalue weighted by atomic mass is 9.88. The smallest absolute Gasteiger partial charge is 0.259 e. The van der Waals surface area contributed by atoms with Gasteiger partial charge in [-0.3, -0.25) is 10.2 Å². The summed E-state index contributed by atoms with van der Waals surface area (Å²) >= 11 is 3.17. The first-order valence-electron chi connectivity index (χ1n) is 12.3. The predicted octanol–water partition coefficient (Wildman–Crippen LogP) is 4.24. The molecule has 1 amide bonds. The number of rotatable bonds is 8. The molecule has 2 saturated heterocycles. The number of hydrazone groups is 1. The van der Waals surface area contributed by atoms with E-state index >= 15 is 0 Å². The molecule has 33 heavy (non-hydrogen) atoms. The van der Waals surface area contributed by atoms with E-state index in [0.717, 1.165) is 49.5 Å². The van der Waals surface area contributed by atoms with Gasteiger partial charge in [0.15, 0.2) is 5.17 Å². The van der Waals surface area contributed by atoms with Crippen LogP contribution in [0.5, 0.6) is 0 Å². The number of ether oxygens (including phenoxy) is 3. The second kappa shape index (κ2) is 10.8. The first kappa shape index (κ1) is 23.8. The molecule has 4 aliphatic heterocycles. The lowest BCUT2D eigenvalue weighted by Crippen LogP contribution is -2.42. The zero-order chi connectivity index (χ0) is 22.8. The molecule has 10 heteroatoms. The molecule has 0 spiro atoms. The Labute approximate surface area is 204 Å². The SMILES string of the molecule is CC1CCCCC1OCC1=NN2C(=N)C(CC3CCC(SCC4CCCO4)O3)C(=O)N=C2S1. The molecule has 6 unspecified atom stereocenters. The van der Waals surface area contributed by atoms with E-state index in [1.807, 2.05) is 11.8 Å². The van der Waals surface area contributed by atoms with Gasteiger partial charge in [-0.15, -0.1) is 11.8 Å². The van der Waals surface area contributed by atoms with Crippen molar-refractivity contribution in [2.24, 2.45) is 21.9 Å². The van der Waals surface area contributed by atoms with Crippen LogP contribution in [0.1, 0.15) is 64.7 Å². The molecule has 5 rings (SSSR count). The number of aliphatic imine (C=N–C) groups is 1. The molecule has 1 N–H and O–H groups in total. The Balaban J connectivity index is 1.12. The van der Waals surface area contributed by atoms with E-state index in [0.29, 0.717) is 30.2 Å². The molecule has 0 aromatic rings. The van der Waals surface area contributed by atoms with Gasteiger partial charge in [0.1, 0.15) is 22.2 Å². The Morgan fingerprint density at radius 3 is 2.88 bits per heavy atom. The van der Waals surface area contributed by atoms with Crippen molar-refractivity contribution in [3.8, 4) is 0 Å². The molecule has 1 saturated carbocycles. The molecule has 3 fully saturated rings. The highest BCUT2D eigenvalue weighted by atomic mass is 32.2. The van der Waals surface area contributed by atoms with Crippen molar-refractivity contribution in [1.82, 2.24) is 5.01 Å². The summed E-state index contributed by atoms with van der Waals surface area (Å²) in [6.07, 6.45) is 10.1. The monoisotopic (exact) mass is 494 g/mol. The summed E-state index contributed by atoms with van der Waals surface area (Å²) in [5.74, 6) is 0.888. The molecular formula is C23H34N4O4S2. The third-order valence-corrected chi connectivity index (χ3v) is 9.34. The number of nitrogens with one attached hydrogen (secondary N) is 1. The number of nitrogens with zero attached hydrogens (tertiary/aromatic N) is 3. The molecule has 5 aliphatic rings. The summed E-state index contributed by atoms with van der Waals surface area (Å²) in [6.45, 7) is 3.53. The molecule has 182 valence electrons. The highest BCUT2D eigenvalue weighted by Crippen LogP contribution is 2.36. The third kappa shape index (κ3) is 5.66. The van der Waals surface area contributed by atoms with Crippen LogP contribution in [0, 0.1) is 17.2 Å². The largest absolute Gasteiger partial charge is 0.377 e. The maximum absolute atomic E-state index is 12.7. The van der Waals surface area contributed by atoms with Crippen LogP contribution in [-0.2, 0) is 19.0 Å². The van der Waals surface area contributed by atoms with E-state index in [-0.39, 0.29) is 29.4 Å². The topological polar surface area (TPSA) is 96.6 Å². The van der Waals surface area contributed by atoms with Crippen LogP contribution >= 0.6 is 23.5 Å². The highest BCUT2D eigenvalue weighted by Gasteiger charge is 2.42. The molecule has 1 aliphatic carbocycles. The normalized spacial score (nSPS) is 36.8. The molecule has 0 aromatic carbocycles. The van der Waals surface area contributed by atoms with Gasteiger partial charge in [-0.1, -0.05) is 19.8 Å². The van der Waals surface area contributed by atoms with Gasteiger partial charge in [-0.05, 0) is 62.6 Å². The number of hydrogen-bond acceptors (Lipinski definition) is 8. The number of carbonyl (C=O) groups is 1. The number of amides is 1. The average molecular weight is 495 g/mol. The van der Waals surface area contributed by atoms with Crippen LogP contribution in [0.25, 0.3) is 0 Å². The molecule has 0 aromatic heterocycles. The quantitative estimate of drug-likeness (QED) is 0.539. The van der Waals surface area contributed by atoms with Gasteiger partial charge >= 0.3 is 0 Å². The maximum Gasteiger partial charge on any atom is 0.259 e. The number of fused-ring (bicyclic) bond motifs is 1. The van der Waals surface area contributed by atoms with Crippen LogP contribution in [0.3, 0.4) is 0 Å². The van der Waals surface area contributed by atoms with E-state index in [1.54, 1.807) is 0 Å². The van der Waals surface area contributed by atoms with Gasteiger partial charge in [0.05, 0.1) is 24.9 Å². The third-order valence-electron chi connectivity index (χ3n) is 7.18. The van der Waals surface area contributed by atoms with Crippen LogP contribution in [0.4, 0.5) is 0 Å². The van der Waals surface area contributed by atoms with Crippen molar-refractivity contribution in [3.05, 3.63) is 0 Å². The Morgan fingerprint density at radius 1 is 1.18 bits per heavy atom. The number of carbonyl (C=O) groups excluding carboxylic acids is 1. The van der Waals surface area contributed by atoms with Crippen LogP contribution in [0.15, 0.2) is 10.1 Å². The highest BCUT2D eigenvalue weighted by molar-refractivity contribution is 8.27. The van der Waals surface area contributed by atoms with E-state index in [4.69, 9.17) is 19.6 Å². The molecule has 0 bridgehead atoms. The second-order valence-electron chi connectivity index (χ2n) is 9.66. The summed E-state index contributed by atoms with van der Waals surface area (Å²) in [7, 11) is 0. The Bertz CT molecular complexity index is 816. The summed E-state index contributed by atoms with van der Waals surface area (Å²) in [5, 5.41) is 16.0. The Hall–Kier alpha value is -0.940. The molecule has 8 nitrogen and oxygen atoms in total. The average Bonchev–Trinajstić information content (AvgIpc) is 3.56. The molecule has 0 radical (unpaired) electrons. The predicted molar refractivity (Wildman–Crippen MR) is 132 cm³/mol. The van der Waals surface area contributed by atoms with E-state index < -0.39 is 5.92 Å². The van der Waals surface area contributed by atoms with Crippen molar-refractivity contribution < 1.29 is 19.0 Å². The van der Waals surface area contributed by atoms with Gasteiger partial charge < -0.3 is 14.2 Å². The zero-order valence-electron chi connectivity index (χ0n) is 19.2. The summed E-state index contributed by atoms with van der Waals surface area (Å²) in [4.78, 5) is 17.0. The van der Waals surface area contributed by atoms with Gasteiger partial charge in [-0.25, -0.2) is 0 Å². The lowest BCUT2D eigenvalue weighted by molar-refractivity contribution is -0.121. The second-order valence-corrected chi connectivity index (χ2v) is 11.9. The molecule has 4 heterocycles. The van der Waals surface area contributed by atoms with E-state index in [2.05, 4.69) is 17.0 Å². The maximum atomic E-state index is 12.7. The first-order chi connectivity index (χ1) is 16.1.